The molecule has 126 heavy (non-hydrogen) atoms. The Bertz CT molecular complexity index is 4420. The first-order valence-electron chi connectivity index (χ1n) is 44.7. The molecule has 5 aliphatic heterocycles. The smallest absolute Gasteiger partial charge is 0.246 e. The molecule has 12 N–H and O–H groups in total. The molecule has 10 atom stereocenters. The number of benzene rings is 4. The van der Waals surface area contributed by atoms with Crippen LogP contribution < -0.4 is 58.3 Å². The highest BCUT2D eigenvalue weighted by Crippen LogP contribution is 2.28. The molecule has 2 aromatic heterocycles. The van der Waals surface area contributed by atoms with Gasteiger partial charge in [-0.05, 0) is 136 Å². The van der Waals surface area contributed by atoms with Crippen LogP contribution in [0.5, 0.6) is 0 Å². The molecule has 5 saturated heterocycles. The maximum absolute atomic E-state index is 14.0. The summed E-state index contributed by atoms with van der Waals surface area (Å²) in [6.45, 7) is 7.04. The number of nitrogens with zero attached hydrogens (tertiary/aromatic N) is 4. The van der Waals surface area contributed by atoms with E-state index in [1.54, 1.807) is 63.3 Å². The van der Waals surface area contributed by atoms with Gasteiger partial charge in [0.15, 0.2) is 5.78 Å². The van der Waals surface area contributed by atoms with Crippen molar-refractivity contribution in [2.24, 2.45) is 5.92 Å². The van der Waals surface area contributed by atoms with E-state index in [1.807, 2.05) is 136 Å². The van der Waals surface area contributed by atoms with E-state index in [9.17, 15) is 67.1 Å². The highest BCUT2D eigenvalue weighted by Gasteiger charge is 2.44. The number of para-hydroxylation sites is 2. The molecule has 4 aromatic carbocycles. The number of rotatable bonds is 39. The Hall–Kier alpha value is -11.8. The normalized spacial score (nSPS) is 20.3. The van der Waals surface area contributed by atoms with Gasteiger partial charge >= 0.3 is 0 Å². The van der Waals surface area contributed by atoms with Crippen LogP contribution in [0.15, 0.2) is 146 Å². The molecule has 682 valence electrons. The van der Waals surface area contributed by atoms with E-state index in [2.05, 4.69) is 47.5 Å². The minimum absolute atomic E-state index is 0.0132. The molecule has 7 heterocycles. The number of epoxide rings is 1. The number of pyridine rings is 1. The van der Waals surface area contributed by atoms with E-state index in [1.165, 1.54) is 0 Å². The molecule has 32 heteroatoms. The van der Waals surface area contributed by atoms with Crippen LogP contribution in [0, 0.1) is 5.92 Å². The van der Waals surface area contributed by atoms with Crippen LogP contribution >= 0.6 is 0 Å². The van der Waals surface area contributed by atoms with Crippen LogP contribution in [0.25, 0.3) is 10.9 Å². The van der Waals surface area contributed by atoms with Crippen molar-refractivity contribution in [3.8, 4) is 0 Å². The molecule has 0 spiro atoms. The van der Waals surface area contributed by atoms with Gasteiger partial charge in [0.25, 0.3) is 0 Å². The highest BCUT2D eigenvalue weighted by atomic mass is 16.6. The third kappa shape index (κ3) is 33.6. The first-order chi connectivity index (χ1) is 61.0. The predicted molar refractivity (Wildman–Crippen MR) is 473 cm³/mol. The number of anilines is 2. The standard InChI is InChI=1S/C34H49N5O6.C33H40N4O6.C14H20N2O3.C13H19N3O3/c1-5-22(3)30-34(44)38-19-13-12-18-29(38)33(43)35-26(16-9-7-8-14-24(40)6-2)31(41)36-27(32(42)37-30)20-23-21-39(45-4)28-17-11-10-15-25(23)28;38-28(29-21-43-29)17-9-3-8-15-24-30(39)35-25(19-22-11-4-1-5-12-22)31(40)36-26(20-23-13-6-2-7-14-23)33(42)37-18-10-16-27(37)32(41)34-24;17-13(15-12-8-4-3-5-9-12)10-6-1-2-7-11-14(18)16-19;17-12(15-11-6-5-9-14-10-11)7-3-1-2-4-8-13(18)16-19/h10-11,15,17,21-22,26-27,29-30H,5-9,12-14,16,18-20H2,1-4H3,(H,35,43)(H,36,41)(H,37,42);1-2,4-7,11-14,24-27,29H,3,8-10,15-21H2,(H,34,41)(H,35,39)(H,36,40);3-5,8-9,19H,1-2,6-7,10-11H2,(H,15,17)(H,16,18);5-6,9-10,19H,1-4,7-8H2,(H,15,17)(H,16,18)/t22?,26-,27?,29?,30?;24-,25-,26-,27?,29?;;/m00../s1. The van der Waals surface area contributed by atoms with Crippen LogP contribution in [-0.2, 0) is 91.1 Å². The zero-order valence-corrected chi connectivity index (χ0v) is 73.1. The fourth-order valence-corrected chi connectivity index (χ4v) is 15.7. The van der Waals surface area contributed by atoms with Gasteiger partial charge in [0.2, 0.25) is 70.9 Å². The number of carbonyl (C=O) groups is 14. The molecular weight excluding hydrogens is 1610 g/mol. The van der Waals surface area contributed by atoms with Crippen LogP contribution in [-0.4, -0.2) is 194 Å². The molecule has 6 aromatic rings. The Kier molecular flexibility index (Phi) is 42.9. The second-order valence-electron chi connectivity index (χ2n) is 32.7. The van der Waals surface area contributed by atoms with Crippen molar-refractivity contribution in [2.75, 3.05) is 37.4 Å². The Morgan fingerprint density at radius 3 is 1.45 bits per heavy atom. The number of ether oxygens (including phenoxy) is 1. The van der Waals surface area contributed by atoms with Gasteiger partial charge in [0, 0.05) is 101 Å². The number of ketones is 2. The van der Waals surface area contributed by atoms with E-state index in [0.717, 1.165) is 104 Å². The van der Waals surface area contributed by atoms with Crippen molar-refractivity contribution in [3.05, 3.63) is 163 Å². The van der Waals surface area contributed by atoms with Gasteiger partial charge in [-0.15, -0.1) is 0 Å². The fraction of sp³-hybridized carbons (Fsp3) is 0.521. The third-order valence-electron chi connectivity index (χ3n) is 23.1. The number of carbonyl (C=O) groups excluding carboxylic acids is 14. The molecule has 0 saturated carbocycles. The maximum atomic E-state index is 14.0. The molecule has 0 bridgehead atoms. The molecule has 5 aliphatic rings. The number of aromatic nitrogens is 2. The summed E-state index contributed by atoms with van der Waals surface area (Å²) in [5.41, 5.74) is 8.05. The lowest BCUT2D eigenvalue weighted by molar-refractivity contribution is -0.147. The van der Waals surface area contributed by atoms with E-state index < -0.39 is 72.0 Å². The minimum atomic E-state index is -1.01. The van der Waals surface area contributed by atoms with Gasteiger partial charge in [-0.1, -0.05) is 176 Å². The lowest BCUT2D eigenvalue weighted by Gasteiger charge is -2.39. The SMILES string of the molecule is CCC(=O)CCCCC[C@@H]1NC(=O)C2CCCCN2C(=O)C(C(C)CC)NC(=O)C(Cc2cn(OC)c3ccccc23)NC1=O.O=C(CCCCCCC(=O)Nc1ccccc1)NO.O=C(CCCCCCC(=O)Nc1cccnc1)NO.O=C(CCCCC[C@@H]1NC(=O)C2CCCN2C(=O)[C@H](Cc2ccccc2)NC(=O)[C@H](Cc2ccccc2)NC1=O)C1CO1. The third-order valence-corrected chi connectivity index (χ3v) is 23.1. The maximum Gasteiger partial charge on any atom is 0.246 e. The summed E-state index contributed by atoms with van der Waals surface area (Å²) in [5, 5.41) is 40.6. The number of hydrogen-bond acceptors (Lipinski definition) is 19. The highest BCUT2D eigenvalue weighted by molar-refractivity contribution is 6.00. The lowest BCUT2D eigenvalue weighted by atomic mass is 9.93. The van der Waals surface area contributed by atoms with E-state index in [4.69, 9.17) is 20.0 Å². The Morgan fingerprint density at radius 1 is 0.476 bits per heavy atom. The van der Waals surface area contributed by atoms with Crippen molar-refractivity contribution in [1.29, 1.82) is 0 Å². The van der Waals surface area contributed by atoms with Crippen LogP contribution in [0.1, 0.15) is 224 Å². The second kappa shape index (κ2) is 54.2. The molecule has 0 radical (unpaired) electrons. The average molecular weight is 1740 g/mol. The first-order valence-corrected chi connectivity index (χ1v) is 44.7. The van der Waals surface area contributed by atoms with Crippen molar-refractivity contribution in [1.82, 2.24) is 62.4 Å². The summed E-state index contributed by atoms with van der Waals surface area (Å²) in [4.78, 5) is 191. The zero-order chi connectivity index (χ0) is 90.5. The van der Waals surface area contributed by atoms with Crippen LogP contribution in [0.4, 0.5) is 11.4 Å². The summed E-state index contributed by atoms with van der Waals surface area (Å²) in [7, 11) is 1.56. The number of piperidine rings is 1. The van der Waals surface area contributed by atoms with Crippen molar-refractivity contribution in [3.63, 3.8) is 0 Å². The molecule has 5 fully saturated rings. The van der Waals surface area contributed by atoms with E-state index in [-0.39, 0.29) is 90.1 Å². The van der Waals surface area contributed by atoms with Gasteiger partial charge in [-0.25, -0.2) is 11.0 Å². The number of nitrogens with one attached hydrogen (secondary N) is 10. The number of amides is 12. The largest absolute Gasteiger partial charge is 0.417 e. The van der Waals surface area contributed by atoms with Crippen molar-refractivity contribution >= 4 is 105 Å². The van der Waals surface area contributed by atoms with Gasteiger partial charge in [-0.3, -0.25) is 82.5 Å². The molecule has 11 rings (SSSR count). The van der Waals surface area contributed by atoms with Crippen molar-refractivity contribution in [2.45, 2.75) is 281 Å². The Labute approximate surface area is 737 Å². The number of hydroxylamine groups is 2. The lowest BCUT2D eigenvalue weighted by Crippen LogP contribution is -2.64. The number of fused-ring (bicyclic) bond motifs is 3. The van der Waals surface area contributed by atoms with E-state index in [0.29, 0.717) is 141 Å². The van der Waals surface area contributed by atoms with Gasteiger partial charge in [0.05, 0.1) is 24.0 Å². The number of unbranched alkanes of at least 4 members (excludes halogenated alkanes) is 10. The van der Waals surface area contributed by atoms with Crippen molar-refractivity contribution < 1.29 is 87.1 Å². The second-order valence-corrected chi connectivity index (χ2v) is 32.7. The average Bonchev–Trinajstić information content (AvgIpc) is 1.63. The quantitative estimate of drug-likeness (QED) is 0.00740. The summed E-state index contributed by atoms with van der Waals surface area (Å²) >= 11 is 0. The summed E-state index contributed by atoms with van der Waals surface area (Å²) in [5.74, 6) is -3.70. The van der Waals surface area contributed by atoms with E-state index >= 15 is 0 Å². The topological polar surface area (TPSA) is 446 Å². The number of hydrogen-bond donors (Lipinski definition) is 12. The zero-order valence-electron chi connectivity index (χ0n) is 73.1. The Morgan fingerprint density at radius 2 is 0.921 bits per heavy atom. The van der Waals surface area contributed by atoms with Gasteiger partial charge < -0.3 is 61.9 Å². The van der Waals surface area contributed by atoms with Crippen LogP contribution in [0.2, 0.25) is 0 Å². The first kappa shape index (κ1) is 99.7. The molecule has 0 aliphatic carbocycles. The molecule has 32 nitrogen and oxygen atoms in total. The minimum Gasteiger partial charge on any atom is -0.417 e. The molecule has 12 amide bonds. The summed E-state index contributed by atoms with van der Waals surface area (Å²) in [6.07, 6.45) is 23.6. The molecular formula is C94H128N14O18. The van der Waals surface area contributed by atoms with Gasteiger partial charge in [-0.2, -0.15) is 4.73 Å². The van der Waals surface area contributed by atoms with Crippen LogP contribution in [0.3, 0.4) is 0 Å². The number of Topliss-reactive ketones (excluding diaryl/α,β-unsaturated/α-hetero) is 2. The predicted octanol–water partition coefficient (Wildman–Crippen LogP) is 9.25. The van der Waals surface area contributed by atoms with Gasteiger partial charge in [0.1, 0.15) is 67.3 Å². The molecule has 6 unspecified atom stereocenters. The monoisotopic (exact) mass is 1740 g/mol. The fourth-order valence-electron chi connectivity index (χ4n) is 15.7. The Balaban J connectivity index is 0.000000224. The summed E-state index contributed by atoms with van der Waals surface area (Å²) in [6, 6.07) is 32.5. The summed E-state index contributed by atoms with van der Waals surface area (Å²) < 4.78 is 6.66.